The molecule has 0 radical (unpaired) electrons. The molecule has 1 aliphatic rings. The van der Waals surface area contributed by atoms with Crippen LogP contribution in [0.3, 0.4) is 0 Å². The molecule has 1 aliphatic heterocycles. The van der Waals surface area contributed by atoms with Crippen LogP contribution in [-0.4, -0.2) is 43.6 Å². The number of nitrogens with one attached hydrogen (secondary N) is 1. The first-order valence-corrected chi connectivity index (χ1v) is 8.31. The second-order valence-electron chi connectivity index (χ2n) is 5.69. The van der Waals surface area contributed by atoms with Crippen LogP contribution in [0.25, 0.3) is 0 Å². The molecule has 0 aliphatic carbocycles. The molecule has 1 atom stereocenters. The lowest BCUT2D eigenvalue weighted by atomic mass is 9.96. The highest BCUT2D eigenvalue weighted by Gasteiger charge is 2.26. The zero-order valence-corrected chi connectivity index (χ0v) is 14.5. The van der Waals surface area contributed by atoms with E-state index < -0.39 is 6.10 Å². The molecule has 122 valence electrons. The number of carbonyl (C=O) groups excluding carboxylic acids is 1. The van der Waals surface area contributed by atoms with Gasteiger partial charge in [0.05, 0.1) is 0 Å². The average Bonchev–Trinajstić information content (AvgIpc) is 2.46. The first-order valence-electron chi connectivity index (χ1n) is 7.55. The van der Waals surface area contributed by atoms with Gasteiger partial charge in [-0.2, -0.15) is 0 Å². The molecule has 2 rings (SSSR count). The van der Waals surface area contributed by atoms with E-state index in [0.717, 1.165) is 32.5 Å². The van der Waals surface area contributed by atoms with Crippen molar-refractivity contribution in [1.82, 2.24) is 10.2 Å². The highest BCUT2D eigenvalue weighted by molar-refractivity contribution is 6.34. The Morgan fingerprint density at radius 1 is 1.32 bits per heavy atom. The fraction of sp³-hybridized carbons (Fsp3) is 0.562. The van der Waals surface area contributed by atoms with Crippen LogP contribution in [0, 0.1) is 5.92 Å². The minimum Gasteiger partial charge on any atom is -0.481 e. The minimum atomic E-state index is -0.546. The fourth-order valence-corrected chi connectivity index (χ4v) is 3.26. The maximum Gasteiger partial charge on any atom is 0.263 e. The number of hydrogen-bond donors (Lipinski definition) is 1. The summed E-state index contributed by atoms with van der Waals surface area (Å²) in [5, 5.41) is 4.19. The molecule has 1 N–H and O–H groups in total. The zero-order chi connectivity index (χ0) is 16.1. The van der Waals surface area contributed by atoms with Gasteiger partial charge < -0.3 is 15.0 Å². The van der Waals surface area contributed by atoms with Gasteiger partial charge in [-0.25, -0.2) is 0 Å². The van der Waals surface area contributed by atoms with Gasteiger partial charge in [0, 0.05) is 23.1 Å². The van der Waals surface area contributed by atoms with E-state index in [0.29, 0.717) is 21.7 Å². The van der Waals surface area contributed by atoms with Gasteiger partial charge in [-0.3, -0.25) is 4.79 Å². The van der Waals surface area contributed by atoms with Crippen molar-refractivity contribution in [2.24, 2.45) is 5.92 Å². The van der Waals surface area contributed by atoms with E-state index in [9.17, 15) is 4.79 Å². The van der Waals surface area contributed by atoms with E-state index in [2.05, 4.69) is 5.32 Å². The van der Waals surface area contributed by atoms with Crippen LogP contribution >= 0.6 is 23.2 Å². The summed E-state index contributed by atoms with van der Waals surface area (Å²) in [5.74, 6) is 1.18. The largest absolute Gasteiger partial charge is 0.481 e. The van der Waals surface area contributed by atoms with Gasteiger partial charge >= 0.3 is 0 Å². The Morgan fingerprint density at radius 3 is 2.45 bits per heavy atom. The van der Waals surface area contributed by atoms with Crippen molar-refractivity contribution in [2.45, 2.75) is 25.9 Å². The lowest BCUT2D eigenvalue weighted by molar-refractivity contribution is -0.139. The number of hydrogen-bond acceptors (Lipinski definition) is 3. The maximum atomic E-state index is 12.5. The van der Waals surface area contributed by atoms with Crippen LogP contribution in [0.5, 0.6) is 5.75 Å². The number of piperidine rings is 1. The zero-order valence-electron chi connectivity index (χ0n) is 12.9. The summed E-state index contributed by atoms with van der Waals surface area (Å²) in [5.41, 5.74) is 0. The molecule has 0 saturated carbocycles. The van der Waals surface area contributed by atoms with Crippen molar-refractivity contribution in [3.05, 3.63) is 28.2 Å². The molecule has 22 heavy (non-hydrogen) atoms. The van der Waals surface area contributed by atoms with Gasteiger partial charge in [-0.15, -0.1) is 0 Å². The molecule has 1 fully saturated rings. The van der Waals surface area contributed by atoms with Crippen molar-refractivity contribution >= 4 is 29.1 Å². The SMILES string of the molecule is CNCC1CCN(C(=O)C(C)Oc2cc(Cl)cc(Cl)c2)CC1. The summed E-state index contributed by atoms with van der Waals surface area (Å²) in [7, 11) is 1.96. The molecule has 0 aromatic heterocycles. The predicted molar refractivity (Wildman–Crippen MR) is 89.8 cm³/mol. The third-order valence-corrected chi connectivity index (χ3v) is 4.35. The molecule has 4 nitrogen and oxygen atoms in total. The third-order valence-electron chi connectivity index (χ3n) is 3.92. The van der Waals surface area contributed by atoms with Gasteiger partial charge in [-0.1, -0.05) is 23.2 Å². The molecule has 1 amide bonds. The summed E-state index contributed by atoms with van der Waals surface area (Å²) in [6.07, 6.45) is 1.51. The van der Waals surface area contributed by atoms with E-state index in [4.69, 9.17) is 27.9 Å². The van der Waals surface area contributed by atoms with Gasteiger partial charge in [-0.05, 0) is 57.5 Å². The van der Waals surface area contributed by atoms with Crippen LogP contribution in [0.1, 0.15) is 19.8 Å². The average molecular weight is 345 g/mol. The van der Waals surface area contributed by atoms with Crippen molar-refractivity contribution in [3.8, 4) is 5.75 Å². The molecule has 6 heteroatoms. The number of rotatable bonds is 5. The molecule has 1 aromatic rings. The lowest BCUT2D eigenvalue weighted by Crippen LogP contribution is -2.45. The van der Waals surface area contributed by atoms with E-state index in [-0.39, 0.29) is 5.91 Å². The Kier molecular flexibility index (Phi) is 6.36. The molecule has 0 spiro atoms. The maximum absolute atomic E-state index is 12.5. The Bertz CT molecular complexity index is 497. The third kappa shape index (κ3) is 4.77. The lowest BCUT2D eigenvalue weighted by Gasteiger charge is -2.33. The van der Waals surface area contributed by atoms with Crippen molar-refractivity contribution in [1.29, 1.82) is 0 Å². The molecule has 1 aromatic carbocycles. The summed E-state index contributed by atoms with van der Waals surface area (Å²) in [6, 6.07) is 4.96. The highest BCUT2D eigenvalue weighted by atomic mass is 35.5. The van der Waals surface area contributed by atoms with Crippen LogP contribution < -0.4 is 10.1 Å². The van der Waals surface area contributed by atoms with Gasteiger partial charge in [0.2, 0.25) is 0 Å². The number of likely N-dealkylation sites (tertiary alicyclic amines) is 1. The van der Waals surface area contributed by atoms with Gasteiger partial charge in [0.25, 0.3) is 5.91 Å². The molecule has 1 heterocycles. The highest BCUT2D eigenvalue weighted by Crippen LogP contribution is 2.25. The second kappa shape index (κ2) is 8.04. The fourth-order valence-electron chi connectivity index (χ4n) is 2.75. The Balaban J connectivity index is 1.89. The van der Waals surface area contributed by atoms with E-state index >= 15 is 0 Å². The standard InChI is InChI=1S/C16H22Cl2N2O2/c1-11(22-15-8-13(17)7-14(18)9-15)16(21)20-5-3-12(4-6-20)10-19-2/h7-9,11-12,19H,3-6,10H2,1-2H3. The molecule has 1 saturated heterocycles. The normalized spacial score (nSPS) is 17.4. The summed E-state index contributed by atoms with van der Waals surface area (Å²) < 4.78 is 5.69. The molecule has 0 bridgehead atoms. The summed E-state index contributed by atoms with van der Waals surface area (Å²) in [4.78, 5) is 14.3. The van der Waals surface area contributed by atoms with E-state index in [1.807, 2.05) is 11.9 Å². The number of halogens is 2. The van der Waals surface area contributed by atoms with Gasteiger partial charge in [0.1, 0.15) is 5.75 Å². The first kappa shape index (κ1) is 17.4. The Morgan fingerprint density at radius 2 is 1.91 bits per heavy atom. The van der Waals surface area contributed by atoms with Crippen LogP contribution in [0.4, 0.5) is 0 Å². The number of nitrogens with zero attached hydrogens (tertiary/aromatic N) is 1. The van der Waals surface area contributed by atoms with E-state index in [1.165, 1.54) is 0 Å². The number of carbonyl (C=O) groups is 1. The van der Waals surface area contributed by atoms with Crippen LogP contribution in [0.2, 0.25) is 10.0 Å². The molecular weight excluding hydrogens is 323 g/mol. The Hall–Kier alpha value is -0.970. The number of benzene rings is 1. The van der Waals surface area contributed by atoms with Crippen LogP contribution in [-0.2, 0) is 4.79 Å². The second-order valence-corrected chi connectivity index (χ2v) is 6.56. The van der Waals surface area contributed by atoms with Crippen LogP contribution in [0.15, 0.2) is 18.2 Å². The smallest absolute Gasteiger partial charge is 0.263 e. The summed E-state index contributed by atoms with van der Waals surface area (Å²) in [6.45, 7) is 4.34. The number of ether oxygens (including phenoxy) is 1. The minimum absolute atomic E-state index is 0.0130. The van der Waals surface area contributed by atoms with Gasteiger partial charge in [0.15, 0.2) is 6.10 Å². The first-order chi connectivity index (χ1) is 10.5. The molecular formula is C16H22Cl2N2O2. The summed E-state index contributed by atoms with van der Waals surface area (Å²) >= 11 is 11.9. The quantitative estimate of drug-likeness (QED) is 0.891. The topological polar surface area (TPSA) is 41.6 Å². The van der Waals surface area contributed by atoms with Crippen molar-refractivity contribution in [2.75, 3.05) is 26.7 Å². The predicted octanol–water partition coefficient (Wildman–Crippen LogP) is 3.22. The van der Waals surface area contributed by atoms with E-state index in [1.54, 1.807) is 25.1 Å². The van der Waals surface area contributed by atoms with Crippen molar-refractivity contribution in [3.63, 3.8) is 0 Å². The molecule has 1 unspecified atom stereocenters. The van der Waals surface area contributed by atoms with Crippen molar-refractivity contribution < 1.29 is 9.53 Å². The monoisotopic (exact) mass is 344 g/mol. The number of amides is 1. The Labute approximate surface area is 141 Å².